The van der Waals surface area contributed by atoms with Gasteiger partial charge in [-0.15, -0.1) is 43.1 Å². The molecule has 6 aromatic rings. The van der Waals surface area contributed by atoms with E-state index in [0.29, 0.717) is 70.6 Å². The smallest absolute Gasteiger partial charge is 0.308 e. The van der Waals surface area contributed by atoms with E-state index in [-0.39, 0.29) is 30.8 Å². The maximum absolute atomic E-state index is 13.9. The maximum atomic E-state index is 13.9. The normalized spacial score (nSPS) is 15.4. The minimum Gasteiger partial charge on any atom is -0.469 e. The van der Waals surface area contributed by atoms with Crippen LogP contribution in [0, 0.1) is 34.6 Å². The Balaban J connectivity index is 0.911. The SMILES string of the molecule is COC(=O)CC1N=C(c2ccc(Cl)cc2)c2c(sc(C(=O)CCCOCCCC(=O)CC3N=C(c4ccc(Cl)cc4)c4c(sc(C)c4C)-n4c(C)nnc43)c2C)-n2c(C)nnc21. The van der Waals surface area contributed by atoms with Gasteiger partial charge in [0.05, 0.1) is 29.8 Å². The van der Waals surface area contributed by atoms with E-state index in [1.54, 1.807) is 23.5 Å². The monoisotopic (exact) mass is 910 g/mol. The summed E-state index contributed by atoms with van der Waals surface area (Å²) in [4.78, 5) is 52.0. The Morgan fingerprint density at radius 1 is 0.661 bits per heavy atom. The Kier molecular flexibility index (Phi) is 12.8. The van der Waals surface area contributed by atoms with Crippen LogP contribution in [0.2, 0.25) is 10.0 Å². The molecule has 13 nitrogen and oxygen atoms in total. The summed E-state index contributed by atoms with van der Waals surface area (Å²) < 4.78 is 14.9. The van der Waals surface area contributed by atoms with Gasteiger partial charge in [-0.2, -0.15) is 0 Å². The highest BCUT2D eigenvalue weighted by molar-refractivity contribution is 7.17. The first-order valence-corrected chi connectivity index (χ1v) is 22.7. The highest BCUT2D eigenvalue weighted by atomic mass is 35.5. The molecular formula is C45H44Cl2N8O5S2. The third-order valence-corrected chi connectivity index (χ3v) is 14.2. The minimum atomic E-state index is -0.660. The Labute approximate surface area is 376 Å². The molecule has 0 saturated heterocycles. The van der Waals surface area contributed by atoms with Crippen LogP contribution in [-0.2, 0) is 19.1 Å². The van der Waals surface area contributed by atoms with Gasteiger partial charge in [0.15, 0.2) is 17.4 Å². The van der Waals surface area contributed by atoms with E-state index in [2.05, 4.69) is 34.2 Å². The molecule has 6 heterocycles. The van der Waals surface area contributed by atoms with Crippen LogP contribution in [0.1, 0.15) is 122 Å². The van der Waals surface area contributed by atoms with Gasteiger partial charge in [-0.25, -0.2) is 0 Å². The van der Waals surface area contributed by atoms with Crippen LogP contribution in [0.25, 0.3) is 10.0 Å². The maximum Gasteiger partial charge on any atom is 0.308 e. The van der Waals surface area contributed by atoms with Gasteiger partial charge in [0.1, 0.15) is 39.5 Å². The van der Waals surface area contributed by atoms with Crippen molar-refractivity contribution >= 4 is 74.8 Å². The second-order valence-electron chi connectivity index (χ2n) is 15.3. The van der Waals surface area contributed by atoms with Crippen LogP contribution in [0.15, 0.2) is 58.5 Å². The van der Waals surface area contributed by atoms with Crippen molar-refractivity contribution in [1.82, 2.24) is 29.5 Å². The van der Waals surface area contributed by atoms with Crippen molar-refractivity contribution in [3.8, 4) is 10.0 Å². The Bertz CT molecular complexity index is 2770. The molecule has 0 saturated carbocycles. The number of thiophene rings is 2. The zero-order chi connectivity index (χ0) is 43.8. The standard InChI is InChI=1S/C45H44Cl2N8O5S2/c1-23-25(3)61-44-37(23)39(28-11-15-30(46)16-12-28)48-33(42-52-50-26(4)54(42)44)21-32(56)9-7-19-60-20-8-10-35(57)41-24(2)38-40(29-13-17-31(47)18-14-29)49-34(22-36(58)59-6)43-53-51-27(5)55(43)45(38)62-41/h11-18,33-34H,7-10,19-22H2,1-6H3. The Morgan fingerprint density at radius 2 is 1.16 bits per heavy atom. The molecule has 0 aliphatic carbocycles. The molecule has 0 bridgehead atoms. The number of rotatable bonds is 15. The van der Waals surface area contributed by atoms with Crippen molar-refractivity contribution in [3.63, 3.8) is 0 Å². The lowest BCUT2D eigenvalue weighted by atomic mass is 9.98. The topological polar surface area (TPSA) is 156 Å². The van der Waals surface area contributed by atoms with Gasteiger partial charge < -0.3 is 9.47 Å². The summed E-state index contributed by atoms with van der Waals surface area (Å²) in [5.41, 5.74) is 6.88. The lowest BCUT2D eigenvalue weighted by molar-refractivity contribution is -0.141. The fourth-order valence-electron chi connectivity index (χ4n) is 7.90. The summed E-state index contributed by atoms with van der Waals surface area (Å²) in [5.74, 6) is 2.11. The minimum absolute atomic E-state index is 0.0158. The van der Waals surface area contributed by atoms with Crippen LogP contribution in [0.3, 0.4) is 0 Å². The molecule has 0 N–H and O–H groups in total. The number of Topliss-reactive ketones (excluding diaryl/α,β-unsaturated/α-hetero) is 2. The van der Waals surface area contributed by atoms with Gasteiger partial charge in [0.2, 0.25) is 0 Å². The highest BCUT2D eigenvalue weighted by Crippen LogP contribution is 2.42. The summed E-state index contributed by atoms with van der Waals surface area (Å²) in [6, 6.07) is 13.8. The number of carbonyl (C=O) groups is 3. The molecule has 8 rings (SSSR count). The number of carbonyl (C=O) groups excluding carboxylic acids is 3. The van der Waals surface area contributed by atoms with Crippen molar-refractivity contribution < 1.29 is 23.9 Å². The predicted molar refractivity (Wildman–Crippen MR) is 242 cm³/mol. The van der Waals surface area contributed by atoms with Crippen molar-refractivity contribution in [2.45, 2.75) is 85.2 Å². The third kappa shape index (κ3) is 8.48. The molecule has 4 aromatic heterocycles. The molecular weight excluding hydrogens is 868 g/mol. The molecule has 2 aliphatic heterocycles. The number of benzene rings is 2. The molecule has 2 aromatic carbocycles. The number of esters is 1. The number of ketones is 2. The van der Waals surface area contributed by atoms with E-state index in [1.165, 1.54) is 23.3 Å². The quantitative estimate of drug-likeness (QED) is 0.0556. The van der Waals surface area contributed by atoms with Gasteiger partial charge in [-0.05, 0) is 82.9 Å². The molecule has 0 radical (unpaired) electrons. The molecule has 62 heavy (non-hydrogen) atoms. The summed E-state index contributed by atoms with van der Waals surface area (Å²) in [6.07, 6.45) is 1.77. The molecule has 0 amide bonds. The van der Waals surface area contributed by atoms with Crippen LogP contribution in [0.4, 0.5) is 0 Å². The van der Waals surface area contributed by atoms with Gasteiger partial charge in [-0.1, -0.05) is 47.5 Å². The van der Waals surface area contributed by atoms with Crippen LogP contribution in [-0.4, -0.2) is 78.8 Å². The number of ether oxygens (including phenoxy) is 2. The van der Waals surface area contributed by atoms with Crippen LogP contribution in [0.5, 0.6) is 0 Å². The number of aliphatic imine (C=N–C) groups is 2. The van der Waals surface area contributed by atoms with E-state index in [4.69, 9.17) is 42.7 Å². The number of halogens is 2. The van der Waals surface area contributed by atoms with E-state index >= 15 is 0 Å². The largest absolute Gasteiger partial charge is 0.469 e. The van der Waals surface area contributed by atoms with Gasteiger partial charge >= 0.3 is 5.97 Å². The molecule has 0 fully saturated rings. The average molecular weight is 912 g/mol. The fraction of sp³-hybridized carbons (Fsp3) is 0.356. The van der Waals surface area contributed by atoms with Crippen molar-refractivity contribution in [2.75, 3.05) is 20.3 Å². The fourth-order valence-corrected chi connectivity index (χ4v) is 10.7. The molecule has 2 aliphatic rings. The van der Waals surface area contributed by atoms with Gasteiger partial charge in [0, 0.05) is 69.7 Å². The van der Waals surface area contributed by atoms with Crippen molar-refractivity contribution in [3.05, 3.63) is 125 Å². The number of hydrogen-bond acceptors (Lipinski definition) is 13. The second kappa shape index (κ2) is 18.3. The zero-order valence-corrected chi connectivity index (χ0v) is 38.3. The number of aryl methyl sites for hydroxylation is 3. The number of nitrogens with zero attached hydrogens (tertiary/aromatic N) is 8. The highest BCUT2D eigenvalue weighted by Gasteiger charge is 2.35. The van der Waals surface area contributed by atoms with Crippen LogP contribution >= 0.6 is 45.9 Å². The zero-order valence-electron chi connectivity index (χ0n) is 35.1. The Morgan fingerprint density at radius 3 is 1.71 bits per heavy atom. The molecule has 2 unspecified atom stereocenters. The lowest BCUT2D eigenvalue weighted by Crippen LogP contribution is -2.12. The first-order chi connectivity index (χ1) is 29.8. The number of fused-ring (bicyclic) bond motifs is 6. The Hall–Kier alpha value is -5.19. The van der Waals surface area contributed by atoms with Crippen molar-refractivity contribution in [1.29, 1.82) is 0 Å². The lowest BCUT2D eigenvalue weighted by Gasteiger charge is -2.12. The molecule has 0 spiro atoms. The van der Waals surface area contributed by atoms with Crippen molar-refractivity contribution in [2.24, 2.45) is 9.98 Å². The molecule has 2 atom stereocenters. The summed E-state index contributed by atoms with van der Waals surface area (Å²) >= 11 is 15.5. The van der Waals surface area contributed by atoms with Gasteiger partial charge in [-0.3, -0.25) is 33.5 Å². The third-order valence-electron chi connectivity index (χ3n) is 11.2. The van der Waals surface area contributed by atoms with Crippen LogP contribution < -0.4 is 0 Å². The number of aromatic nitrogens is 6. The first-order valence-electron chi connectivity index (χ1n) is 20.3. The average Bonchev–Trinajstić information content (AvgIpc) is 3.96. The predicted octanol–water partition coefficient (Wildman–Crippen LogP) is 9.59. The van der Waals surface area contributed by atoms with E-state index in [9.17, 15) is 14.4 Å². The van der Waals surface area contributed by atoms with Gasteiger partial charge in [0.25, 0.3) is 0 Å². The second-order valence-corrected chi connectivity index (χ2v) is 18.4. The van der Waals surface area contributed by atoms with E-state index in [1.807, 2.05) is 66.3 Å². The molecule has 17 heteroatoms. The number of hydrogen-bond donors (Lipinski definition) is 0. The summed E-state index contributed by atoms with van der Waals surface area (Å²) in [6.45, 7) is 10.6. The summed E-state index contributed by atoms with van der Waals surface area (Å²) in [7, 11) is 1.34. The molecule has 320 valence electrons. The summed E-state index contributed by atoms with van der Waals surface area (Å²) in [5, 5.41) is 20.6. The van der Waals surface area contributed by atoms with E-state index in [0.717, 1.165) is 54.9 Å². The number of methoxy groups -OCH3 is 1. The van der Waals surface area contributed by atoms with E-state index < -0.39 is 18.1 Å². The first kappa shape index (κ1) is 43.5.